The number of carbonyl (C=O) groups is 1. The number of rotatable bonds is 3. The van der Waals surface area contributed by atoms with Gasteiger partial charge < -0.3 is 14.4 Å². The van der Waals surface area contributed by atoms with Gasteiger partial charge in [-0.05, 0) is 35.7 Å². The minimum atomic E-state index is -0.276. The molecule has 0 spiro atoms. The van der Waals surface area contributed by atoms with Crippen molar-refractivity contribution in [2.45, 2.75) is 13.0 Å². The molecule has 0 radical (unpaired) electrons. The summed E-state index contributed by atoms with van der Waals surface area (Å²) < 4.78 is 10.9. The predicted molar refractivity (Wildman–Crippen MR) is 97.2 cm³/mol. The van der Waals surface area contributed by atoms with Crippen molar-refractivity contribution in [3.63, 3.8) is 0 Å². The Hall–Kier alpha value is -2.53. The number of anilines is 2. The zero-order valence-electron chi connectivity index (χ0n) is 14.2. The van der Waals surface area contributed by atoms with Gasteiger partial charge in [0.2, 0.25) is 0 Å². The van der Waals surface area contributed by atoms with E-state index in [1.165, 1.54) is 11.3 Å². The second kappa shape index (κ2) is 7.15. The highest BCUT2D eigenvalue weighted by Crippen LogP contribution is 2.32. The highest BCUT2D eigenvalue weighted by Gasteiger charge is 2.26. The number of hydrogen-bond donors (Lipinski definition) is 0. The van der Waals surface area contributed by atoms with Gasteiger partial charge in [0.1, 0.15) is 6.61 Å². The number of hydrogen-bond acceptors (Lipinski definition) is 4. The van der Waals surface area contributed by atoms with E-state index in [4.69, 9.17) is 9.47 Å². The number of amides is 1. The van der Waals surface area contributed by atoms with Crippen molar-refractivity contribution >= 4 is 17.5 Å². The van der Waals surface area contributed by atoms with E-state index in [-0.39, 0.29) is 6.09 Å². The maximum atomic E-state index is 12.4. The molecule has 0 bridgehead atoms. The standard InChI is InChI=1S/C20H22N2O3/c23-20(25-15-16-4-2-1-3-5-16)22-9-8-17-14-18(6-7-19(17)22)21-10-12-24-13-11-21/h1-7,14H,8-13,15H2. The predicted octanol–water partition coefficient (Wildman–Crippen LogP) is 3.22. The third kappa shape index (κ3) is 3.46. The van der Waals surface area contributed by atoms with Crippen molar-refractivity contribution < 1.29 is 14.3 Å². The Bertz CT molecular complexity index is 742. The maximum absolute atomic E-state index is 12.4. The highest BCUT2D eigenvalue weighted by molar-refractivity contribution is 5.90. The van der Waals surface area contributed by atoms with Crippen LogP contribution in [0.15, 0.2) is 48.5 Å². The Balaban J connectivity index is 1.43. The molecular formula is C20H22N2O3. The lowest BCUT2D eigenvalue weighted by Crippen LogP contribution is -2.36. The van der Waals surface area contributed by atoms with Crippen LogP contribution in [0.4, 0.5) is 16.2 Å². The van der Waals surface area contributed by atoms with Gasteiger partial charge in [-0.3, -0.25) is 4.90 Å². The Morgan fingerprint density at radius 2 is 1.84 bits per heavy atom. The molecule has 4 rings (SSSR count). The molecule has 2 heterocycles. The Morgan fingerprint density at radius 1 is 1.04 bits per heavy atom. The molecule has 0 unspecified atom stereocenters. The zero-order valence-corrected chi connectivity index (χ0v) is 14.2. The van der Waals surface area contributed by atoms with Crippen LogP contribution in [0.3, 0.4) is 0 Å². The molecule has 5 heteroatoms. The largest absolute Gasteiger partial charge is 0.444 e. The van der Waals surface area contributed by atoms with Crippen molar-refractivity contribution in [3.8, 4) is 0 Å². The molecule has 2 aromatic carbocycles. The summed E-state index contributed by atoms with van der Waals surface area (Å²) in [6.07, 6.45) is 0.593. The molecule has 2 aromatic rings. The topological polar surface area (TPSA) is 42.0 Å². The summed E-state index contributed by atoms with van der Waals surface area (Å²) in [7, 11) is 0. The van der Waals surface area contributed by atoms with E-state index < -0.39 is 0 Å². The maximum Gasteiger partial charge on any atom is 0.414 e. The van der Waals surface area contributed by atoms with Crippen molar-refractivity contribution in [3.05, 3.63) is 59.7 Å². The minimum absolute atomic E-state index is 0.276. The van der Waals surface area contributed by atoms with Gasteiger partial charge in [-0.15, -0.1) is 0 Å². The van der Waals surface area contributed by atoms with E-state index in [0.717, 1.165) is 44.0 Å². The lowest BCUT2D eigenvalue weighted by atomic mass is 10.1. The van der Waals surface area contributed by atoms with Gasteiger partial charge in [-0.2, -0.15) is 0 Å². The molecule has 1 fully saturated rings. The van der Waals surface area contributed by atoms with Crippen LogP contribution in [0.2, 0.25) is 0 Å². The molecule has 0 atom stereocenters. The molecule has 0 aliphatic carbocycles. The average Bonchev–Trinajstić information content (AvgIpc) is 3.11. The summed E-state index contributed by atoms with van der Waals surface area (Å²) in [5.74, 6) is 0. The zero-order chi connectivity index (χ0) is 17.1. The quantitative estimate of drug-likeness (QED) is 0.862. The molecule has 0 N–H and O–H groups in total. The Kier molecular flexibility index (Phi) is 4.57. The van der Waals surface area contributed by atoms with E-state index in [9.17, 15) is 4.79 Å². The highest BCUT2D eigenvalue weighted by atomic mass is 16.6. The fourth-order valence-electron chi connectivity index (χ4n) is 3.39. The van der Waals surface area contributed by atoms with Crippen LogP contribution in [0.5, 0.6) is 0 Å². The van der Waals surface area contributed by atoms with Crippen LogP contribution in [-0.4, -0.2) is 38.9 Å². The minimum Gasteiger partial charge on any atom is -0.444 e. The van der Waals surface area contributed by atoms with Crippen molar-refractivity contribution in [1.82, 2.24) is 0 Å². The van der Waals surface area contributed by atoms with Crippen molar-refractivity contribution in [2.24, 2.45) is 0 Å². The summed E-state index contributed by atoms with van der Waals surface area (Å²) in [5, 5.41) is 0. The fraction of sp³-hybridized carbons (Fsp3) is 0.350. The first kappa shape index (κ1) is 16.0. The summed E-state index contributed by atoms with van der Waals surface area (Å²) in [6.45, 7) is 4.36. The van der Waals surface area contributed by atoms with Crippen LogP contribution in [0.1, 0.15) is 11.1 Å². The van der Waals surface area contributed by atoms with Crippen molar-refractivity contribution in [2.75, 3.05) is 42.6 Å². The van der Waals surface area contributed by atoms with E-state index >= 15 is 0 Å². The lowest BCUT2D eigenvalue weighted by Gasteiger charge is -2.29. The number of nitrogens with zero attached hydrogens (tertiary/aromatic N) is 2. The van der Waals surface area contributed by atoms with Crippen LogP contribution in [0.25, 0.3) is 0 Å². The smallest absolute Gasteiger partial charge is 0.414 e. The van der Waals surface area contributed by atoms with Crippen LogP contribution < -0.4 is 9.80 Å². The van der Waals surface area contributed by atoms with Gasteiger partial charge in [0.25, 0.3) is 0 Å². The SMILES string of the molecule is O=C(OCc1ccccc1)N1CCc2cc(N3CCOCC3)ccc21. The molecule has 25 heavy (non-hydrogen) atoms. The van der Waals surface area contributed by atoms with E-state index in [1.54, 1.807) is 4.90 Å². The molecule has 1 amide bonds. The first-order valence-electron chi connectivity index (χ1n) is 8.75. The van der Waals surface area contributed by atoms with E-state index in [0.29, 0.717) is 13.2 Å². The molecule has 2 aliphatic rings. The number of benzene rings is 2. The molecule has 5 nitrogen and oxygen atoms in total. The van der Waals surface area contributed by atoms with E-state index in [2.05, 4.69) is 17.0 Å². The molecule has 1 saturated heterocycles. The molecule has 0 saturated carbocycles. The van der Waals surface area contributed by atoms with Gasteiger partial charge >= 0.3 is 6.09 Å². The van der Waals surface area contributed by atoms with Gasteiger partial charge in [0.05, 0.1) is 18.9 Å². The third-order valence-electron chi connectivity index (χ3n) is 4.76. The average molecular weight is 338 g/mol. The number of ether oxygens (including phenoxy) is 2. The van der Waals surface area contributed by atoms with Gasteiger partial charge in [0, 0.05) is 25.3 Å². The first-order chi connectivity index (χ1) is 12.3. The molecular weight excluding hydrogens is 316 g/mol. The normalized spacial score (nSPS) is 16.6. The third-order valence-corrected chi connectivity index (χ3v) is 4.76. The first-order valence-corrected chi connectivity index (χ1v) is 8.75. The molecule has 0 aromatic heterocycles. The van der Waals surface area contributed by atoms with Crippen LogP contribution >= 0.6 is 0 Å². The molecule has 130 valence electrons. The summed E-state index contributed by atoms with van der Waals surface area (Å²) in [4.78, 5) is 16.5. The summed E-state index contributed by atoms with van der Waals surface area (Å²) in [5.41, 5.74) is 4.38. The van der Waals surface area contributed by atoms with Crippen LogP contribution in [-0.2, 0) is 22.5 Å². The second-order valence-electron chi connectivity index (χ2n) is 6.35. The lowest BCUT2D eigenvalue weighted by molar-refractivity contribution is 0.122. The van der Waals surface area contributed by atoms with Gasteiger partial charge in [-0.25, -0.2) is 4.79 Å². The summed E-state index contributed by atoms with van der Waals surface area (Å²) >= 11 is 0. The monoisotopic (exact) mass is 338 g/mol. The van der Waals surface area contributed by atoms with Gasteiger partial charge in [-0.1, -0.05) is 30.3 Å². The van der Waals surface area contributed by atoms with Crippen molar-refractivity contribution in [1.29, 1.82) is 0 Å². The van der Waals surface area contributed by atoms with Crippen LogP contribution in [0, 0.1) is 0 Å². The van der Waals surface area contributed by atoms with Gasteiger partial charge in [0.15, 0.2) is 0 Å². The number of fused-ring (bicyclic) bond motifs is 1. The number of carbonyl (C=O) groups excluding carboxylic acids is 1. The second-order valence-corrected chi connectivity index (χ2v) is 6.35. The van der Waals surface area contributed by atoms with E-state index in [1.807, 2.05) is 36.4 Å². The Labute approximate surface area is 147 Å². The molecule has 2 aliphatic heterocycles. The fourth-order valence-corrected chi connectivity index (χ4v) is 3.39. The number of morpholine rings is 1. The Morgan fingerprint density at radius 3 is 2.64 bits per heavy atom. The summed E-state index contributed by atoms with van der Waals surface area (Å²) in [6, 6.07) is 16.1.